The van der Waals surface area contributed by atoms with E-state index in [2.05, 4.69) is 36.6 Å². The van der Waals surface area contributed by atoms with E-state index in [0.717, 1.165) is 47.2 Å². The molecule has 1 aromatic carbocycles. The Morgan fingerprint density at radius 3 is 2.80 bits per heavy atom. The first kappa shape index (κ1) is 20.2. The van der Waals surface area contributed by atoms with Gasteiger partial charge >= 0.3 is 6.03 Å². The molecule has 2 unspecified atom stereocenters. The highest BCUT2D eigenvalue weighted by atomic mass is 16.5. The Morgan fingerprint density at radius 1 is 1.33 bits per heavy atom. The van der Waals surface area contributed by atoms with Gasteiger partial charge in [0.2, 0.25) is 5.95 Å². The minimum Gasteiger partial charge on any atom is -0.396 e. The second kappa shape index (κ2) is 8.76. The predicted molar refractivity (Wildman–Crippen MR) is 113 cm³/mol. The van der Waals surface area contributed by atoms with Crippen LogP contribution in [-0.2, 0) is 4.74 Å². The van der Waals surface area contributed by atoms with E-state index in [1.54, 1.807) is 12.4 Å². The SMILES string of the molecule is CCNC(=O)Nc1nc2c(C3CCCO3)cc(-c3cnc(C(C)CO)nc3)cc2[nH]1. The lowest BCUT2D eigenvalue weighted by Crippen LogP contribution is -2.28. The molecular formula is C21H26N6O3. The van der Waals surface area contributed by atoms with Crippen molar-refractivity contribution in [1.29, 1.82) is 0 Å². The average molecular weight is 410 g/mol. The number of rotatable bonds is 6. The molecule has 3 aromatic rings. The molecule has 0 aliphatic carbocycles. The molecule has 3 heterocycles. The molecule has 9 nitrogen and oxygen atoms in total. The summed E-state index contributed by atoms with van der Waals surface area (Å²) in [5, 5.41) is 14.7. The number of amides is 2. The minimum atomic E-state index is -0.308. The van der Waals surface area contributed by atoms with Gasteiger partial charge in [0, 0.05) is 42.6 Å². The van der Waals surface area contributed by atoms with Crippen molar-refractivity contribution in [3.8, 4) is 11.1 Å². The van der Waals surface area contributed by atoms with Crippen LogP contribution in [-0.4, -0.2) is 50.8 Å². The highest BCUT2D eigenvalue weighted by Crippen LogP contribution is 2.36. The van der Waals surface area contributed by atoms with Crippen molar-refractivity contribution in [2.24, 2.45) is 0 Å². The van der Waals surface area contributed by atoms with Gasteiger partial charge in [-0.15, -0.1) is 0 Å². The summed E-state index contributed by atoms with van der Waals surface area (Å²) in [4.78, 5) is 28.5. The number of carbonyl (C=O) groups is 1. The maximum Gasteiger partial charge on any atom is 0.321 e. The van der Waals surface area contributed by atoms with Crippen LogP contribution >= 0.6 is 0 Å². The average Bonchev–Trinajstić information content (AvgIpc) is 3.42. The lowest BCUT2D eigenvalue weighted by molar-refractivity contribution is 0.113. The van der Waals surface area contributed by atoms with E-state index in [1.807, 2.05) is 19.9 Å². The Kier molecular flexibility index (Phi) is 5.91. The fourth-order valence-electron chi connectivity index (χ4n) is 3.57. The first-order valence-electron chi connectivity index (χ1n) is 10.2. The molecule has 30 heavy (non-hydrogen) atoms. The lowest BCUT2D eigenvalue weighted by Gasteiger charge is -2.13. The van der Waals surface area contributed by atoms with Gasteiger partial charge in [0.15, 0.2) is 0 Å². The number of anilines is 1. The normalized spacial score (nSPS) is 17.2. The van der Waals surface area contributed by atoms with Crippen molar-refractivity contribution in [2.75, 3.05) is 25.1 Å². The van der Waals surface area contributed by atoms with Crippen molar-refractivity contribution in [3.63, 3.8) is 0 Å². The van der Waals surface area contributed by atoms with Gasteiger partial charge in [-0.05, 0) is 37.5 Å². The summed E-state index contributed by atoms with van der Waals surface area (Å²) >= 11 is 0. The summed E-state index contributed by atoms with van der Waals surface area (Å²) < 4.78 is 5.92. The number of carbonyl (C=O) groups excluding carboxylic acids is 1. The largest absolute Gasteiger partial charge is 0.396 e. The predicted octanol–water partition coefficient (Wildman–Crippen LogP) is 3.11. The number of benzene rings is 1. The van der Waals surface area contributed by atoms with E-state index in [4.69, 9.17) is 4.74 Å². The van der Waals surface area contributed by atoms with Crippen LogP contribution in [0.2, 0.25) is 0 Å². The number of aliphatic hydroxyl groups excluding tert-OH is 1. The van der Waals surface area contributed by atoms with Gasteiger partial charge in [0.05, 0.1) is 23.7 Å². The molecule has 1 fully saturated rings. The molecule has 1 aliphatic rings. The number of urea groups is 1. The molecule has 2 aromatic heterocycles. The molecule has 0 saturated carbocycles. The van der Waals surface area contributed by atoms with Crippen LogP contribution in [0, 0.1) is 0 Å². The monoisotopic (exact) mass is 410 g/mol. The van der Waals surface area contributed by atoms with E-state index in [0.29, 0.717) is 18.3 Å². The fourth-order valence-corrected chi connectivity index (χ4v) is 3.57. The van der Waals surface area contributed by atoms with Crippen molar-refractivity contribution >= 4 is 23.0 Å². The molecule has 2 atom stereocenters. The highest BCUT2D eigenvalue weighted by molar-refractivity contribution is 5.92. The number of nitrogens with zero attached hydrogens (tertiary/aromatic N) is 3. The van der Waals surface area contributed by atoms with E-state index in [-0.39, 0.29) is 24.7 Å². The van der Waals surface area contributed by atoms with Crippen molar-refractivity contribution in [2.45, 2.75) is 38.7 Å². The molecule has 9 heteroatoms. The Morgan fingerprint density at radius 2 is 2.13 bits per heavy atom. The van der Waals surface area contributed by atoms with Gasteiger partial charge in [-0.1, -0.05) is 6.92 Å². The van der Waals surface area contributed by atoms with Crippen LogP contribution in [0.1, 0.15) is 50.1 Å². The molecule has 158 valence electrons. The third-order valence-electron chi connectivity index (χ3n) is 5.18. The van der Waals surface area contributed by atoms with Crippen molar-refractivity contribution in [3.05, 3.63) is 35.9 Å². The van der Waals surface area contributed by atoms with Gasteiger partial charge in [-0.2, -0.15) is 0 Å². The number of hydrogen-bond acceptors (Lipinski definition) is 6. The van der Waals surface area contributed by atoms with Gasteiger partial charge in [-0.25, -0.2) is 19.7 Å². The van der Waals surface area contributed by atoms with Crippen LogP contribution in [0.25, 0.3) is 22.2 Å². The van der Waals surface area contributed by atoms with Gasteiger partial charge < -0.3 is 20.1 Å². The zero-order chi connectivity index (χ0) is 21.1. The zero-order valence-electron chi connectivity index (χ0n) is 17.1. The summed E-state index contributed by atoms with van der Waals surface area (Å²) in [6, 6.07) is 3.72. The molecule has 0 bridgehead atoms. The molecule has 1 aliphatic heterocycles. The second-order valence-electron chi connectivity index (χ2n) is 7.45. The number of aliphatic hydroxyl groups is 1. The number of fused-ring (bicyclic) bond motifs is 1. The Bertz CT molecular complexity index is 1030. The Hall–Kier alpha value is -3.04. The maximum atomic E-state index is 11.9. The van der Waals surface area contributed by atoms with Crippen LogP contribution in [0.15, 0.2) is 24.5 Å². The van der Waals surface area contributed by atoms with Crippen LogP contribution in [0.3, 0.4) is 0 Å². The summed E-state index contributed by atoms with van der Waals surface area (Å²) in [6.07, 6.45) is 5.41. The first-order chi connectivity index (χ1) is 14.6. The first-order valence-corrected chi connectivity index (χ1v) is 10.2. The Labute approximate surface area is 174 Å². The number of ether oxygens (including phenoxy) is 1. The molecule has 2 amide bonds. The standard InChI is InChI=1S/C21H26N6O3/c1-3-22-21(29)27-20-25-16-8-13(14-9-23-19(24-10-14)12(2)11-28)7-15(18(16)26-20)17-5-4-6-30-17/h7-10,12,17,28H,3-6,11H2,1-2H3,(H3,22,25,26,27,29). The number of H-pyrrole nitrogens is 1. The lowest BCUT2D eigenvalue weighted by atomic mass is 9.99. The van der Waals surface area contributed by atoms with Gasteiger partial charge in [-0.3, -0.25) is 5.32 Å². The smallest absolute Gasteiger partial charge is 0.321 e. The zero-order valence-corrected chi connectivity index (χ0v) is 17.1. The second-order valence-corrected chi connectivity index (χ2v) is 7.45. The van der Waals surface area contributed by atoms with E-state index >= 15 is 0 Å². The van der Waals surface area contributed by atoms with Crippen molar-refractivity contribution in [1.82, 2.24) is 25.3 Å². The van der Waals surface area contributed by atoms with Crippen LogP contribution in [0.5, 0.6) is 0 Å². The fraction of sp³-hybridized carbons (Fsp3) is 0.429. The van der Waals surface area contributed by atoms with Gasteiger partial charge in [0.1, 0.15) is 5.82 Å². The van der Waals surface area contributed by atoms with E-state index in [9.17, 15) is 9.90 Å². The number of nitrogens with one attached hydrogen (secondary N) is 3. The molecule has 4 rings (SSSR count). The Balaban J connectivity index is 1.74. The number of aromatic nitrogens is 4. The summed E-state index contributed by atoms with van der Waals surface area (Å²) in [5.74, 6) is 0.881. The van der Waals surface area contributed by atoms with E-state index < -0.39 is 0 Å². The third-order valence-corrected chi connectivity index (χ3v) is 5.18. The summed E-state index contributed by atoms with van der Waals surface area (Å²) in [7, 11) is 0. The molecule has 1 saturated heterocycles. The molecule has 4 N–H and O–H groups in total. The quantitative estimate of drug-likeness (QED) is 0.495. The van der Waals surface area contributed by atoms with Crippen LogP contribution in [0.4, 0.5) is 10.7 Å². The third kappa shape index (κ3) is 4.12. The summed E-state index contributed by atoms with van der Waals surface area (Å²) in [6.45, 7) is 4.99. The van der Waals surface area contributed by atoms with Crippen LogP contribution < -0.4 is 10.6 Å². The van der Waals surface area contributed by atoms with Gasteiger partial charge in [0.25, 0.3) is 0 Å². The topological polar surface area (TPSA) is 125 Å². The van der Waals surface area contributed by atoms with E-state index in [1.165, 1.54) is 0 Å². The molecule has 0 radical (unpaired) electrons. The van der Waals surface area contributed by atoms with Crippen molar-refractivity contribution < 1.29 is 14.6 Å². The number of aromatic amines is 1. The maximum absolute atomic E-state index is 11.9. The molecule has 0 spiro atoms. The number of hydrogen-bond donors (Lipinski definition) is 4. The number of imidazole rings is 1. The highest BCUT2D eigenvalue weighted by Gasteiger charge is 2.23. The molecular weight excluding hydrogens is 384 g/mol. The minimum absolute atomic E-state index is 0.00397. The summed E-state index contributed by atoms with van der Waals surface area (Å²) in [5.41, 5.74) is 4.36.